The average Bonchev–Trinajstić information content (AvgIpc) is 2.67. The first kappa shape index (κ1) is 12.8. The lowest BCUT2D eigenvalue weighted by Crippen LogP contribution is -2.01. The summed E-state index contributed by atoms with van der Waals surface area (Å²) in [5, 5.41) is 11.1. The number of aromatic amines is 1. The molecule has 0 atom stereocenters. The maximum atomic E-state index is 6.07. The first-order valence-corrected chi connectivity index (χ1v) is 6.07. The molecule has 2 N–H and O–H groups in total. The minimum atomic E-state index is 0.600. The topological polar surface area (TPSA) is 49.9 Å². The molecule has 18 heavy (non-hydrogen) atoms. The van der Waals surface area contributed by atoms with Gasteiger partial charge in [0.2, 0.25) is 0 Å². The molecule has 2 aromatic rings. The normalized spacial score (nSPS) is 10.4. The molecule has 0 amide bonds. The minimum Gasteiger partial charge on any atom is -0.495 e. The quantitative estimate of drug-likeness (QED) is 0.892. The summed E-state index contributed by atoms with van der Waals surface area (Å²) in [6.45, 7) is 4.72. The van der Waals surface area contributed by atoms with Crippen molar-refractivity contribution < 1.29 is 4.74 Å². The molecule has 1 aromatic carbocycles. The third-order valence-corrected chi connectivity index (χ3v) is 3.20. The summed E-state index contributed by atoms with van der Waals surface area (Å²) in [6.07, 6.45) is 0. The van der Waals surface area contributed by atoms with E-state index in [0.717, 1.165) is 23.6 Å². The molecule has 0 radical (unpaired) electrons. The van der Waals surface area contributed by atoms with Crippen molar-refractivity contribution in [1.82, 2.24) is 10.2 Å². The molecule has 0 unspecified atom stereocenters. The van der Waals surface area contributed by atoms with Gasteiger partial charge in [0, 0.05) is 23.5 Å². The summed E-state index contributed by atoms with van der Waals surface area (Å²) < 4.78 is 5.11. The summed E-state index contributed by atoms with van der Waals surface area (Å²) in [5.74, 6) is 0.679. The number of benzene rings is 1. The van der Waals surface area contributed by atoms with Gasteiger partial charge in [0.05, 0.1) is 17.8 Å². The lowest BCUT2D eigenvalue weighted by Gasteiger charge is -2.09. The second-order valence-electron chi connectivity index (χ2n) is 4.12. The van der Waals surface area contributed by atoms with E-state index >= 15 is 0 Å². The molecule has 0 saturated carbocycles. The van der Waals surface area contributed by atoms with Gasteiger partial charge in [0.25, 0.3) is 0 Å². The van der Waals surface area contributed by atoms with E-state index in [-0.39, 0.29) is 0 Å². The van der Waals surface area contributed by atoms with Crippen molar-refractivity contribution in [2.75, 3.05) is 12.4 Å². The lowest BCUT2D eigenvalue weighted by molar-refractivity contribution is 0.415. The number of ether oxygens (including phenoxy) is 1. The Balaban J connectivity index is 2.09. The van der Waals surface area contributed by atoms with Crippen LogP contribution in [0.25, 0.3) is 0 Å². The Morgan fingerprint density at radius 2 is 2.17 bits per heavy atom. The fourth-order valence-corrected chi connectivity index (χ4v) is 2.06. The minimum absolute atomic E-state index is 0.600. The summed E-state index contributed by atoms with van der Waals surface area (Å²) in [4.78, 5) is 0. The maximum Gasteiger partial charge on any atom is 0.137 e. The molecular weight excluding hydrogens is 250 g/mol. The van der Waals surface area contributed by atoms with Gasteiger partial charge >= 0.3 is 0 Å². The Morgan fingerprint density at radius 3 is 2.72 bits per heavy atom. The number of aromatic nitrogens is 2. The molecule has 4 nitrogen and oxygen atoms in total. The highest BCUT2D eigenvalue weighted by Crippen LogP contribution is 2.27. The largest absolute Gasteiger partial charge is 0.495 e. The van der Waals surface area contributed by atoms with Gasteiger partial charge in [0.1, 0.15) is 5.75 Å². The van der Waals surface area contributed by atoms with E-state index in [2.05, 4.69) is 15.5 Å². The van der Waals surface area contributed by atoms with E-state index in [1.54, 1.807) is 7.11 Å². The van der Waals surface area contributed by atoms with Crippen LogP contribution in [0.3, 0.4) is 0 Å². The van der Waals surface area contributed by atoms with Crippen molar-refractivity contribution in [1.29, 1.82) is 0 Å². The molecule has 96 valence electrons. The molecule has 5 heteroatoms. The second-order valence-corrected chi connectivity index (χ2v) is 4.52. The van der Waals surface area contributed by atoms with E-state index in [1.165, 1.54) is 5.56 Å². The Hall–Kier alpha value is -1.68. The smallest absolute Gasteiger partial charge is 0.137 e. The predicted octanol–water partition coefficient (Wildman–Crippen LogP) is 3.30. The molecule has 0 aliphatic rings. The lowest BCUT2D eigenvalue weighted by atomic mass is 10.2. The molecule has 0 spiro atoms. The van der Waals surface area contributed by atoms with Crippen molar-refractivity contribution in [3.63, 3.8) is 0 Å². The molecule has 0 fully saturated rings. The van der Waals surface area contributed by atoms with Gasteiger partial charge in [0.15, 0.2) is 0 Å². The zero-order valence-electron chi connectivity index (χ0n) is 10.7. The Morgan fingerprint density at radius 1 is 1.39 bits per heavy atom. The van der Waals surface area contributed by atoms with Gasteiger partial charge in [-0.2, -0.15) is 5.10 Å². The van der Waals surface area contributed by atoms with E-state index in [1.807, 2.05) is 32.0 Å². The van der Waals surface area contributed by atoms with Crippen molar-refractivity contribution in [3.05, 3.63) is 40.2 Å². The number of hydrogen-bond donors (Lipinski definition) is 2. The van der Waals surface area contributed by atoms with Crippen LogP contribution in [0.2, 0.25) is 5.02 Å². The zero-order valence-corrected chi connectivity index (χ0v) is 11.4. The number of anilines is 1. The van der Waals surface area contributed by atoms with E-state index in [9.17, 15) is 0 Å². The first-order chi connectivity index (χ1) is 8.61. The summed E-state index contributed by atoms with van der Waals surface area (Å²) in [6, 6.07) is 5.64. The van der Waals surface area contributed by atoms with Gasteiger partial charge in [-0.25, -0.2) is 0 Å². The molecule has 0 bridgehead atoms. The Bertz CT molecular complexity index is 532. The number of H-pyrrole nitrogens is 1. The average molecular weight is 266 g/mol. The Labute approximate surface area is 111 Å². The second kappa shape index (κ2) is 5.31. The van der Waals surface area contributed by atoms with Crippen LogP contribution in [-0.2, 0) is 6.54 Å². The molecule has 1 heterocycles. The number of nitrogens with zero attached hydrogens (tertiary/aromatic N) is 1. The zero-order chi connectivity index (χ0) is 13.1. The van der Waals surface area contributed by atoms with Gasteiger partial charge in [-0.3, -0.25) is 5.10 Å². The molecule has 1 aromatic heterocycles. The SMILES string of the molecule is COc1ccc(NCc2c(C)n[nH]c2C)cc1Cl. The molecular formula is C13H16ClN3O. The summed E-state index contributed by atoms with van der Waals surface area (Å²) in [5.41, 5.74) is 4.24. The van der Waals surface area contributed by atoms with Gasteiger partial charge in [-0.15, -0.1) is 0 Å². The molecule has 0 saturated heterocycles. The van der Waals surface area contributed by atoms with Crippen LogP contribution in [0.4, 0.5) is 5.69 Å². The third-order valence-electron chi connectivity index (χ3n) is 2.90. The van der Waals surface area contributed by atoms with Gasteiger partial charge < -0.3 is 10.1 Å². The highest BCUT2D eigenvalue weighted by Gasteiger charge is 2.06. The van der Waals surface area contributed by atoms with Gasteiger partial charge in [-0.1, -0.05) is 11.6 Å². The van der Waals surface area contributed by atoms with Crippen LogP contribution in [0.5, 0.6) is 5.75 Å². The number of aryl methyl sites for hydroxylation is 2. The standard InChI is InChI=1S/C13H16ClN3O/c1-8-11(9(2)17-16-8)7-15-10-4-5-13(18-3)12(14)6-10/h4-6,15H,7H2,1-3H3,(H,16,17). The monoisotopic (exact) mass is 265 g/mol. The van der Waals surface area contributed by atoms with Crippen LogP contribution >= 0.6 is 11.6 Å². The number of nitrogens with one attached hydrogen (secondary N) is 2. The van der Waals surface area contributed by atoms with Crippen molar-refractivity contribution in [2.45, 2.75) is 20.4 Å². The van der Waals surface area contributed by atoms with Crippen LogP contribution in [0, 0.1) is 13.8 Å². The Kier molecular flexibility index (Phi) is 3.77. The van der Waals surface area contributed by atoms with E-state index in [4.69, 9.17) is 16.3 Å². The summed E-state index contributed by atoms with van der Waals surface area (Å²) in [7, 11) is 1.60. The van der Waals surface area contributed by atoms with Crippen LogP contribution < -0.4 is 10.1 Å². The molecule has 2 rings (SSSR count). The highest BCUT2D eigenvalue weighted by molar-refractivity contribution is 6.32. The van der Waals surface area contributed by atoms with Crippen LogP contribution in [-0.4, -0.2) is 17.3 Å². The molecule has 0 aliphatic heterocycles. The number of methoxy groups -OCH3 is 1. The summed E-state index contributed by atoms with van der Waals surface area (Å²) >= 11 is 6.07. The van der Waals surface area contributed by atoms with Gasteiger partial charge in [-0.05, 0) is 32.0 Å². The maximum absolute atomic E-state index is 6.07. The van der Waals surface area contributed by atoms with Crippen LogP contribution in [0.1, 0.15) is 17.0 Å². The fraction of sp³-hybridized carbons (Fsp3) is 0.308. The highest BCUT2D eigenvalue weighted by atomic mass is 35.5. The first-order valence-electron chi connectivity index (χ1n) is 5.69. The van der Waals surface area contributed by atoms with E-state index in [0.29, 0.717) is 10.8 Å². The predicted molar refractivity (Wildman–Crippen MR) is 73.4 cm³/mol. The number of halogens is 1. The van der Waals surface area contributed by atoms with Crippen molar-refractivity contribution in [2.24, 2.45) is 0 Å². The van der Waals surface area contributed by atoms with Crippen LogP contribution in [0.15, 0.2) is 18.2 Å². The number of hydrogen-bond acceptors (Lipinski definition) is 3. The van der Waals surface area contributed by atoms with Crippen molar-refractivity contribution >= 4 is 17.3 Å². The fourth-order valence-electron chi connectivity index (χ4n) is 1.80. The number of rotatable bonds is 4. The molecule has 0 aliphatic carbocycles. The van der Waals surface area contributed by atoms with E-state index < -0.39 is 0 Å². The third kappa shape index (κ3) is 2.59. The van der Waals surface area contributed by atoms with Crippen molar-refractivity contribution in [3.8, 4) is 5.75 Å².